The van der Waals surface area contributed by atoms with Gasteiger partial charge in [0.15, 0.2) is 5.78 Å². The van der Waals surface area contributed by atoms with E-state index < -0.39 is 0 Å². The van der Waals surface area contributed by atoms with Crippen molar-refractivity contribution >= 4 is 17.8 Å². The lowest BCUT2D eigenvalue weighted by Gasteiger charge is -2.37. The van der Waals surface area contributed by atoms with Crippen LogP contribution in [0.15, 0.2) is 36.4 Å². The van der Waals surface area contributed by atoms with Crippen LogP contribution in [0.4, 0.5) is 0 Å². The summed E-state index contributed by atoms with van der Waals surface area (Å²) in [5.41, 5.74) is 3.56. The molecule has 1 aromatic carbocycles. The van der Waals surface area contributed by atoms with E-state index in [-0.39, 0.29) is 17.8 Å². The second-order valence-electron chi connectivity index (χ2n) is 8.04. The lowest BCUT2D eigenvalue weighted by Crippen LogP contribution is -2.51. The number of benzene rings is 1. The number of esters is 1. The molecule has 1 saturated heterocycles. The van der Waals surface area contributed by atoms with Crippen molar-refractivity contribution in [3.63, 3.8) is 0 Å². The third kappa shape index (κ3) is 5.51. The number of ether oxygens (including phenoxy) is 1. The summed E-state index contributed by atoms with van der Waals surface area (Å²) in [6, 6.07) is 10.1. The number of nitrogens with zero attached hydrogens (tertiary/aromatic N) is 2. The largest absolute Gasteiger partial charge is 0.462 e. The van der Waals surface area contributed by atoms with Crippen molar-refractivity contribution in [2.45, 2.75) is 33.7 Å². The van der Waals surface area contributed by atoms with Gasteiger partial charge in [0.05, 0.1) is 23.9 Å². The molecule has 1 aliphatic rings. The first-order valence-electron chi connectivity index (χ1n) is 11.0. The third-order valence-electron chi connectivity index (χ3n) is 5.97. The standard InChI is InChI=1S/C25H33N3O3/c1-5-31-25(30)22-18(2)23(26-19(22)3)24(29)20(4)28-16-14-27(15-17-28)13-9-12-21-10-7-6-8-11-21/h6-12,20,26H,5,13-17H2,1-4H3/b12-9+. The average molecular weight is 424 g/mol. The molecule has 1 fully saturated rings. The maximum atomic E-state index is 13.2. The van der Waals surface area contributed by atoms with Crippen LogP contribution in [-0.2, 0) is 4.74 Å². The third-order valence-corrected chi connectivity index (χ3v) is 5.97. The molecule has 1 unspecified atom stereocenters. The van der Waals surface area contributed by atoms with Crippen molar-refractivity contribution in [1.29, 1.82) is 0 Å². The van der Waals surface area contributed by atoms with E-state index in [9.17, 15) is 9.59 Å². The first-order valence-corrected chi connectivity index (χ1v) is 11.0. The Hall–Kier alpha value is -2.70. The summed E-state index contributed by atoms with van der Waals surface area (Å²) in [6.07, 6.45) is 4.34. The molecule has 2 aromatic rings. The number of aromatic nitrogens is 1. The number of rotatable bonds is 8. The highest BCUT2D eigenvalue weighted by Gasteiger charge is 2.30. The monoisotopic (exact) mass is 423 g/mol. The fourth-order valence-electron chi connectivity index (χ4n) is 4.12. The Bertz CT molecular complexity index is 925. The smallest absolute Gasteiger partial charge is 0.340 e. The first-order chi connectivity index (χ1) is 14.9. The molecular formula is C25H33N3O3. The van der Waals surface area contributed by atoms with Crippen molar-refractivity contribution < 1.29 is 14.3 Å². The summed E-state index contributed by atoms with van der Waals surface area (Å²) in [7, 11) is 0. The van der Waals surface area contributed by atoms with Crippen LogP contribution in [-0.4, -0.2) is 71.9 Å². The van der Waals surface area contributed by atoms with Gasteiger partial charge in [-0.15, -0.1) is 0 Å². The number of hydrogen-bond donors (Lipinski definition) is 1. The van der Waals surface area contributed by atoms with Gasteiger partial charge < -0.3 is 9.72 Å². The average Bonchev–Trinajstić information content (AvgIpc) is 3.08. The van der Waals surface area contributed by atoms with E-state index in [4.69, 9.17) is 4.74 Å². The van der Waals surface area contributed by atoms with Crippen LogP contribution in [0.2, 0.25) is 0 Å². The van der Waals surface area contributed by atoms with Crippen LogP contribution in [0.3, 0.4) is 0 Å². The van der Waals surface area contributed by atoms with Gasteiger partial charge in [-0.3, -0.25) is 14.6 Å². The van der Waals surface area contributed by atoms with E-state index in [1.165, 1.54) is 5.56 Å². The molecule has 0 radical (unpaired) electrons. The Labute approximate surface area is 184 Å². The molecule has 0 saturated carbocycles. The van der Waals surface area contributed by atoms with Crippen molar-refractivity contribution in [2.24, 2.45) is 0 Å². The zero-order valence-corrected chi connectivity index (χ0v) is 19.0. The summed E-state index contributed by atoms with van der Waals surface area (Å²) in [5, 5.41) is 0. The fourth-order valence-corrected chi connectivity index (χ4v) is 4.12. The van der Waals surface area contributed by atoms with Gasteiger partial charge in [-0.2, -0.15) is 0 Å². The van der Waals surface area contributed by atoms with Crippen molar-refractivity contribution in [2.75, 3.05) is 39.3 Å². The van der Waals surface area contributed by atoms with Crippen molar-refractivity contribution in [3.05, 3.63) is 64.5 Å². The maximum absolute atomic E-state index is 13.2. The minimum atomic E-state index is -0.377. The Morgan fingerprint density at radius 3 is 2.45 bits per heavy atom. The van der Waals surface area contributed by atoms with Gasteiger partial charge in [-0.25, -0.2) is 4.79 Å². The highest BCUT2D eigenvalue weighted by molar-refractivity contribution is 6.03. The molecule has 1 N–H and O–H groups in total. The Balaban J connectivity index is 1.56. The molecule has 0 aliphatic carbocycles. The van der Waals surface area contributed by atoms with Crippen LogP contribution in [0, 0.1) is 13.8 Å². The number of nitrogens with one attached hydrogen (secondary N) is 1. The zero-order chi connectivity index (χ0) is 22.4. The predicted molar refractivity (Wildman–Crippen MR) is 124 cm³/mol. The number of piperazine rings is 1. The molecule has 6 heteroatoms. The van der Waals surface area contributed by atoms with E-state index >= 15 is 0 Å². The molecule has 3 rings (SSSR count). The van der Waals surface area contributed by atoms with Crippen LogP contribution < -0.4 is 0 Å². The zero-order valence-electron chi connectivity index (χ0n) is 19.0. The summed E-state index contributed by atoms with van der Waals surface area (Å²) in [5.74, 6) is -0.355. The lowest BCUT2D eigenvalue weighted by atomic mass is 10.0. The van der Waals surface area contributed by atoms with E-state index in [1.807, 2.05) is 39.0 Å². The normalized spacial score (nSPS) is 16.5. The fraction of sp³-hybridized carbons (Fsp3) is 0.440. The molecule has 2 heterocycles. The number of hydrogen-bond acceptors (Lipinski definition) is 5. The predicted octanol–water partition coefficient (Wildman–Crippen LogP) is 3.71. The summed E-state index contributed by atoms with van der Waals surface area (Å²) in [4.78, 5) is 33.2. The van der Waals surface area contributed by atoms with Crippen molar-refractivity contribution in [1.82, 2.24) is 14.8 Å². The lowest BCUT2D eigenvalue weighted by molar-refractivity contribution is 0.0525. The molecule has 0 bridgehead atoms. The molecule has 1 atom stereocenters. The van der Waals surface area contributed by atoms with Crippen LogP contribution in [0.25, 0.3) is 6.08 Å². The topological polar surface area (TPSA) is 65.6 Å². The second kappa shape index (κ2) is 10.6. The molecule has 0 spiro atoms. The van der Waals surface area contributed by atoms with Crippen LogP contribution >= 0.6 is 0 Å². The number of carbonyl (C=O) groups is 2. The summed E-state index contributed by atoms with van der Waals surface area (Å²) in [6.45, 7) is 12.1. The van der Waals surface area contributed by atoms with Crippen LogP contribution in [0.1, 0.15) is 51.5 Å². The van der Waals surface area contributed by atoms with Gasteiger partial charge in [0, 0.05) is 38.4 Å². The number of H-pyrrole nitrogens is 1. The Kier molecular flexibility index (Phi) is 7.82. The highest BCUT2D eigenvalue weighted by Crippen LogP contribution is 2.22. The van der Waals surface area contributed by atoms with Gasteiger partial charge in [0.1, 0.15) is 0 Å². The van der Waals surface area contributed by atoms with Crippen molar-refractivity contribution in [3.8, 4) is 0 Å². The number of Topliss-reactive ketones (excluding diaryl/α,β-unsaturated/α-hetero) is 1. The second-order valence-corrected chi connectivity index (χ2v) is 8.04. The summed E-state index contributed by atoms with van der Waals surface area (Å²) < 4.78 is 5.14. The minimum absolute atomic E-state index is 0.0218. The van der Waals surface area contributed by atoms with E-state index in [0.717, 1.165) is 32.7 Å². The molecular weight excluding hydrogens is 390 g/mol. The Morgan fingerprint density at radius 1 is 1.13 bits per heavy atom. The molecule has 6 nitrogen and oxygen atoms in total. The van der Waals surface area contributed by atoms with Gasteiger partial charge in [0.25, 0.3) is 0 Å². The number of ketones is 1. The van der Waals surface area contributed by atoms with E-state index in [0.29, 0.717) is 29.1 Å². The quantitative estimate of drug-likeness (QED) is 0.518. The van der Waals surface area contributed by atoms with Crippen LogP contribution in [0.5, 0.6) is 0 Å². The van der Waals surface area contributed by atoms with E-state index in [2.05, 4.69) is 39.1 Å². The number of carbonyl (C=O) groups excluding carboxylic acids is 2. The maximum Gasteiger partial charge on any atom is 0.340 e. The molecule has 0 amide bonds. The van der Waals surface area contributed by atoms with Gasteiger partial charge in [-0.1, -0.05) is 42.5 Å². The van der Waals surface area contributed by atoms with Gasteiger partial charge in [0.2, 0.25) is 0 Å². The van der Waals surface area contributed by atoms with E-state index in [1.54, 1.807) is 6.92 Å². The molecule has 1 aliphatic heterocycles. The number of aryl methyl sites for hydroxylation is 1. The number of aromatic amines is 1. The first kappa shape index (κ1) is 23.0. The molecule has 1 aromatic heterocycles. The minimum Gasteiger partial charge on any atom is -0.462 e. The SMILES string of the molecule is CCOC(=O)c1c(C)[nH]c(C(=O)C(C)N2CCN(C/C=C/c3ccccc3)CC2)c1C. The molecule has 31 heavy (non-hydrogen) atoms. The van der Waals surface area contributed by atoms with Gasteiger partial charge in [-0.05, 0) is 38.8 Å². The Morgan fingerprint density at radius 2 is 1.81 bits per heavy atom. The van der Waals surface area contributed by atoms with Gasteiger partial charge >= 0.3 is 5.97 Å². The highest BCUT2D eigenvalue weighted by atomic mass is 16.5. The molecule has 166 valence electrons. The summed E-state index contributed by atoms with van der Waals surface area (Å²) >= 11 is 0.